The third kappa shape index (κ3) is 4.02. The second kappa shape index (κ2) is 7.81. The number of nitrogen functional groups attached to an aromatic ring is 2. The summed E-state index contributed by atoms with van der Waals surface area (Å²) in [6.07, 6.45) is 0. The summed E-state index contributed by atoms with van der Waals surface area (Å²) in [6.45, 7) is 0.327. The normalized spacial score (nSPS) is 10.3. The van der Waals surface area contributed by atoms with E-state index in [1.807, 2.05) is 24.3 Å². The third-order valence-electron chi connectivity index (χ3n) is 3.79. The topological polar surface area (TPSA) is 120 Å². The van der Waals surface area contributed by atoms with Crippen molar-refractivity contribution >= 4 is 23.4 Å². The Hall–Kier alpha value is -3.50. The first kappa shape index (κ1) is 18.3. The van der Waals surface area contributed by atoms with Gasteiger partial charge in [0.25, 0.3) is 0 Å². The van der Waals surface area contributed by atoms with Crippen molar-refractivity contribution in [3.63, 3.8) is 0 Å². The minimum Gasteiger partial charge on any atom is -0.493 e. The van der Waals surface area contributed by atoms with Gasteiger partial charge in [0, 0.05) is 10.6 Å². The second-order valence-electron chi connectivity index (χ2n) is 5.59. The van der Waals surface area contributed by atoms with Gasteiger partial charge in [0.05, 0.1) is 12.8 Å². The number of ether oxygens (including phenoxy) is 2. The van der Waals surface area contributed by atoms with Crippen LogP contribution in [0.25, 0.3) is 11.3 Å². The predicted molar refractivity (Wildman–Crippen MR) is 103 cm³/mol. The summed E-state index contributed by atoms with van der Waals surface area (Å²) in [5, 5.41) is 9.99. The molecule has 0 saturated carbocycles. The van der Waals surface area contributed by atoms with Crippen molar-refractivity contribution in [2.45, 2.75) is 6.61 Å². The molecule has 27 heavy (non-hydrogen) atoms. The highest BCUT2D eigenvalue weighted by molar-refractivity contribution is 6.30. The number of nitriles is 1. The molecule has 0 amide bonds. The van der Waals surface area contributed by atoms with Crippen LogP contribution in [-0.2, 0) is 6.61 Å². The van der Waals surface area contributed by atoms with E-state index in [9.17, 15) is 5.26 Å². The maximum atomic E-state index is 9.35. The van der Waals surface area contributed by atoms with Gasteiger partial charge in [0.2, 0.25) is 5.95 Å². The molecule has 0 aliphatic heterocycles. The Balaban J connectivity index is 1.92. The molecule has 0 radical (unpaired) electrons. The van der Waals surface area contributed by atoms with E-state index in [-0.39, 0.29) is 17.3 Å². The van der Waals surface area contributed by atoms with Crippen molar-refractivity contribution in [1.82, 2.24) is 9.97 Å². The molecular formula is C19H16ClN5O2. The second-order valence-corrected chi connectivity index (χ2v) is 6.02. The van der Waals surface area contributed by atoms with Crippen molar-refractivity contribution < 1.29 is 9.47 Å². The highest BCUT2D eigenvalue weighted by Crippen LogP contribution is 2.34. The van der Waals surface area contributed by atoms with Crippen LogP contribution in [0.2, 0.25) is 5.02 Å². The summed E-state index contributed by atoms with van der Waals surface area (Å²) in [7, 11) is 1.53. The minimum absolute atomic E-state index is 0.0123. The maximum absolute atomic E-state index is 9.35. The van der Waals surface area contributed by atoms with Crippen molar-refractivity contribution in [2.24, 2.45) is 0 Å². The smallest absolute Gasteiger partial charge is 0.222 e. The average molecular weight is 382 g/mol. The Kier molecular flexibility index (Phi) is 5.29. The summed E-state index contributed by atoms with van der Waals surface area (Å²) in [5.74, 6) is 1.03. The number of aromatic nitrogens is 2. The van der Waals surface area contributed by atoms with Crippen LogP contribution >= 0.6 is 11.6 Å². The summed E-state index contributed by atoms with van der Waals surface area (Å²) in [5.41, 5.74) is 13.5. The third-order valence-corrected chi connectivity index (χ3v) is 4.02. The predicted octanol–water partition coefficient (Wildman–Crippen LogP) is 3.42. The fraction of sp³-hybridized carbons (Fsp3) is 0.105. The van der Waals surface area contributed by atoms with E-state index in [1.165, 1.54) is 7.11 Å². The van der Waals surface area contributed by atoms with Crippen molar-refractivity contribution in [3.05, 3.63) is 58.6 Å². The quantitative estimate of drug-likeness (QED) is 0.694. The number of nitrogens with two attached hydrogens (primary N) is 2. The highest BCUT2D eigenvalue weighted by Gasteiger charge is 2.15. The first-order chi connectivity index (χ1) is 13.0. The zero-order chi connectivity index (χ0) is 19.4. The van der Waals surface area contributed by atoms with E-state index in [2.05, 4.69) is 9.97 Å². The van der Waals surface area contributed by atoms with Crippen molar-refractivity contribution in [1.29, 1.82) is 5.26 Å². The fourth-order valence-corrected chi connectivity index (χ4v) is 2.75. The van der Waals surface area contributed by atoms with E-state index < -0.39 is 0 Å². The molecule has 0 saturated heterocycles. The molecule has 0 fully saturated rings. The number of halogens is 1. The van der Waals surface area contributed by atoms with Gasteiger partial charge in [-0.2, -0.15) is 10.2 Å². The van der Waals surface area contributed by atoms with Gasteiger partial charge in [-0.15, -0.1) is 0 Å². The van der Waals surface area contributed by atoms with Gasteiger partial charge in [0.15, 0.2) is 11.5 Å². The summed E-state index contributed by atoms with van der Waals surface area (Å²) in [4.78, 5) is 7.95. The molecule has 4 N–H and O–H groups in total. The zero-order valence-corrected chi connectivity index (χ0v) is 15.2. The summed E-state index contributed by atoms with van der Waals surface area (Å²) >= 11 is 5.99. The molecule has 0 spiro atoms. The zero-order valence-electron chi connectivity index (χ0n) is 14.4. The van der Waals surface area contributed by atoms with Crippen LogP contribution in [0.5, 0.6) is 11.5 Å². The van der Waals surface area contributed by atoms with Gasteiger partial charge >= 0.3 is 0 Å². The number of anilines is 2. The number of hydrogen-bond donors (Lipinski definition) is 2. The lowest BCUT2D eigenvalue weighted by molar-refractivity contribution is 0.284. The Morgan fingerprint density at radius 1 is 1.11 bits per heavy atom. The molecule has 1 aromatic heterocycles. The van der Waals surface area contributed by atoms with Gasteiger partial charge in [-0.05, 0) is 35.9 Å². The number of rotatable bonds is 5. The molecule has 1 heterocycles. The SMILES string of the molecule is COc1cc(-c2nc(N)nc(N)c2C#N)ccc1OCc1cccc(Cl)c1. The molecular weight excluding hydrogens is 366 g/mol. The lowest BCUT2D eigenvalue weighted by Gasteiger charge is -2.13. The van der Waals surface area contributed by atoms with Crippen LogP contribution in [0.3, 0.4) is 0 Å². The number of benzene rings is 2. The number of methoxy groups -OCH3 is 1. The van der Waals surface area contributed by atoms with Crippen molar-refractivity contribution in [3.8, 4) is 28.8 Å². The van der Waals surface area contributed by atoms with E-state index >= 15 is 0 Å². The Bertz CT molecular complexity index is 1030. The molecule has 136 valence electrons. The van der Waals surface area contributed by atoms with Gasteiger partial charge in [-0.1, -0.05) is 23.7 Å². The average Bonchev–Trinajstić information content (AvgIpc) is 2.65. The van der Waals surface area contributed by atoms with Gasteiger partial charge in [-0.25, -0.2) is 4.98 Å². The number of hydrogen-bond acceptors (Lipinski definition) is 7. The number of nitrogens with zero attached hydrogens (tertiary/aromatic N) is 3. The van der Waals surface area contributed by atoms with Crippen LogP contribution in [0.4, 0.5) is 11.8 Å². The monoisotopic (exact) mass is 381 g/mol. The highest BCUT2D eigenvalue weighted by atomic mass is 35.5. The van der Waals surface area contributed by atoms with E-state index in [0.717, 1.165) is 5.56 Å². The molecule has 3 aromatic rings. The molecule has 3 rings (SSSR count). The lowest BCUT2D eigenvalue weighted by atomic mass is 10.1. The first-order valence-electron chi connectivity index (χ1n) is 7.90. The molecule has 0 unspecified atom stereocenters. The fourth-order valence-electron chi connectivity index (χ4n) is 2.54. The first-order valence-corrected chi connectivity index (χ1v) is 8.28. The van der Waals surface area contributed by atoms with Crippen molar-refractivity contribution in [2.75, 3.05) is 18.6 Å². The lowest BCUT2D eigenvalue weighted by Crippen LogP contribution is -2.05. The van der Waals surface area contributed by atoms with E-state index in [1.54, 1.807) is 24.3 Å². The molecule has 2 aromatic carbocycles. The van der Waals surface area contributed by atoms with Crippen LogP contribution in [0.1, 0.15) is 11.1 Å². The molecule has 0 bridgehead atoms. The van der Waals surface area contributed by atoms with Gasteiger partial charge in [-0.3, -0.25) is 0 Å². The maximum Gasteiger partial charge on any atom is 0.222 e. The molecule has 8 heteroatoms. The minimum atomic E-state index is -0.0123. The van der Waals surface area contributed by atoms with Crippen LogP contribution in [0.15, 0.2) is 42.5 Å². The van der Waals surface area contributed by atoms with E-state index in [0.29, 0.717) is 34.4 Å². The van der Waals surface area contributed by atoms with Crippen LogP contribution in [0, 0.1) is 11.3 Å². The Labute approximate surface area is 161 Å². The molecule has 7 nitrogen and oxygen atoms in total. The van der Waals surface area contributed by atoms with Crippen LogP contribution < -0.4 is 20.9 Å². The Morgan fingerprint density at radius 3 is 2.63 bits per heavy atom. The molecule has 0 aliphatic rings. The van der Waals surface area contributed by atoms with Gasteiger partial charge in [0.1, 0.15) is 24.1 Å². The van der Waals surface area contributed by atoms with Gasteiger partial charge < -0.3 is 20.9 Å². The molecule has 0 atom stereocenters. The summed E-state index contributed by atoms with van der Waals surface area (Å²) in [6, 6.07) is 14.6. The Morgan fingerprint density at radius 2 is 1.93 bits per heavy atom. The van der Waals surface area contributed by atoms with Crippen LogP contribution in [-0.4, -0.2) is 17.1 Å². The summed E-state index contributed by atoms with van der Waals surface area (Å²) < 4.78 is 11.2. The standard InChI is InChI=1S/C19H16ClN5O2/c1-26-16-8-12(17-14(9-21)18(22)25-19(23)24-17)5-6-15(16)27-10-11-3-2-4-13(20)7-11/h2-8H,10H2,1H3,(H4,22,23,24,25). The largest absolute Gasteiger partial charge is 0.493 e. The molecule has 0 aliphatic carbocycles. The van der Waals surface area contributed by atoms with E-state index in [4.69, 9.17) is 32.5 Å².